The Morgan fingerprint density at radius 2 is 1.10 bits per heavy atom. The van der Waals surface area contributed by atoms with Gasteiger partial charge < -0.3 is 18.8 Å². The first-order valence-electron chi connectivity index (χ1n) is 17.7. The Hall–Kier alpha value is -5.48. The highest BCUT2D eigenvalue weighted by atomic mass is 16.5. The van der Waals surface area contributed by atoms with Crippen molar-refractivity contribution in [1.82, 2.24) is 4.57 Å². The average molecular weight is 672 g/mol. The van der Waals surface area contributed by atoms with Crippen LogP contribution in [0.25, 0.3) is 44.3 Å². The fourth-order valence-corrected chi connectivity index (χ4v) is 7.61. The highest BCUT2D eigenvalue weighted by molar-refractivity contribution is 6.25. The second kappa shape index (κ2) is 11.8. The topological polar surface area (TPSA) is 32.6 Å². The van der Waals surface area contributed by atoms with E-state index in [2.05, 4.69) is 149 Å². The Morgan fingerprint density at radius 3 is 1.63 bits per heavy atom. The van der Waals surface area contributed by atoms with Crippen LogP contribution < -0.4 is 14.2 Å². The zero-order valence-corrected chi connectivity index (χ0v) is 30.8. The van der Waals surface area contributed by atoms with E-state index in [1.807, 2.05) is 24.3 Å². The lowest BCUT2D eigenvalue weighted by Gasteiger charge is -2.37. The number of fused-ring (bicyclic) bond motifs is 8. The van der Waals surface area contributed by atoms with Gasteiger partial charge >= 0.3 is 0 Å². The summed E-state index contributed by atoms with van der Waals surface area (Å²) in [5.74, 6) is 2.46. The van der Waals surface area contributed by atoms with Gasteiger partial charge in [-0.3, -0.25) is 0 Å². The fourth-order valence-electron chi connectivity index (χ4n) is 7.61. The molecular formula is C47H45NO3. The van der Waals surface area contributed by atoms with Gasteiger partial charge in [0.25, 0.3) is 0 Å². The van der Waals surface area contributed by atoms with E-state index < -0.39 is 5.60 Å². The molecule has 0 bridgehead atoms. The van der Waals surface area contributed by atoms with Crippen LogP contribution in [0, 0.1) is 0 Å². The number of benzene rings is 6. The van der Waals surface area contributed by atoms with Gasteiger partial charge in [-0.2, -0.15) is 0 Å². The van der Waals surface area contributed by atoms with E-state index in [1.165, 1.54) is 27.4 Å². The minimum absolute atomic E-state index is 0.0275. The van der Waals surface area contributed by atoms with E-state index in [9.17, 15) is 0 Å². The van der Waals surface area contributed by atoms with Crippen LogP contribution in [0.5, 0.6) is 17.2 Å². The summed E-state index contributed by atoms with van der Waals surface area (Å²) < 4.78 is 21.1. The maximum atomic E-state index is 7.52. The highest BCUT2D eigenvalue weighted by Gasteiger charge is 2.39. The van der Waals surface area contributed by atoms with Crippen molar-refractivity contribution in [1.29, 1.82) is 0 Å². The molecule has 0 saturated heterocycles. The summed E-state index contributed by atoms with van der Waals surface area (Å²) >= 11 is 0. The van der Waals surface area contributed by atoms with E-state index in [1.54, 1.807) is 14.2 Å². The fraction of sp³-hybridized carbons (Fsp3) is 0.234. The predicted molar refractivity (Wildman–Crippen MR) is 212 cm³/mol. The van der Waals surface area contributed by atoms with Gasteiger partial charge in [0.05, 0.1) is 25.3 Å². The molecule has 1 aromatic heterocycles. The van der Waals surface area contributed by atoms with Gasteiger partial charge in [0.2, 0.25) is 0 Å². The Kier molecular flexibility index (Phi) is 7.57. The molecule has 1 aliphatic rings. The van der Waals surface area contributed by atoms with Gasteiger partial charge in [0.1, 0.15) is 17.2 Å². The Bertz CT molecular complexity index is 2390. The minimum Gasteiger partial charge on any atom is -0.497 e. The zero-order valence-electron chi connectivity index (χ0n) is 30.8. The molecule has 8 rings (SSSR count). The van der Waals surface area contributed by atoms with Crippen LogP contribution in [0.1, 0.15) is 69.4 Å². The molecule has 7 aromatic rings. The molecule has 6 aromatic carbocycles. The summed E-state index contributed by atoms with van der Waals surface area (Å²) in [6.45, 7) is 13.8. The molecule has 51 heavy (non-hydrogen) atoms. The third kappa shape index (κ3) is 5.28. The minimum atomic E-state index is -0.898. The Morgan fingerprint density at radius 1 is 0.588 bits per heavy atom. The second-order valence-corrected chi connectivity index (χ2v) is 15.8. The number of aromatic nitrogens is 1. The molecule has 0 spiro atoms. The van der Waals surface area contributed by atoms with E-state index in [0.29, 0.717) is 0 Å². The Labute approximate surface area is 300 Å². The second-order valence-electron chi connectivity index (χ2n) is 15.8. The largest absolute Gasteiger partial charge is 0.497 e. The van der Waals surface area contributed by atoms with Gasteiger partial charge in [-0.05, 0) is 82.0 Å². The van der Waals surface area contributed by atoms with Crippen molar-refractivity contribution in [2.45, 2.75) is 58.0 Å². The first-order valence-corrected chi connectivity index (χ1v) is 17.7. The summed E-state index contributed by atoms with van der Waals surface area (Å²) in [6.07, 6.45) is 4.51. The molecule has 1 aliphatic heterocycles. The standard InChI is InChI=1S/C47H45NO3/c1-45(2,3)32-27-33(46(4,5)6)29-34(28-32)48-41-16-12-11-15-39(41)42-37-13-9-10-14-38(37)44-40(43(42)48)25-26-47(51-44,30-17-21-35(49-7)22-18-30)31-19-23-36(50-8)24-20-31/h9-29H,1-8H3. The first kappa shape index (κ1) is 32.7. The van der Waals surface area contributed by atoms with Gasteiger partial charge in [-0.25, -0.2) is 0 Å². The van der Waals surface area contributed by atoms with Crippen LogP contribution in [-0.2, 0) is 16.4 Å². The van der Waals surface area contributed by atoms with Gasteiger partial charge in [-0.1, -0.05) is 114 Å². The van der Waals surface area contributed by atoms with Crippen LogP contribution in [-0.4, -0.2) is 18.8 Å². The smallest absolute Gasteiger partial charge is 0.178 e. The molecule has 4 heteroatoms. The number of nitrogens with zero attached hydrogens (tertiary/aromatic N) is 1. The molecule has 0 aliphatic carbocycles. The summed E-state index contributed by atoms with van der Waals surface area (Å²) in [6, 6.07) is 41.1. The van der Waals surface area contributed by atoms with Crippen molar-refractivity contribution in [3.63, 3.8) is 0 Å². The van der Waals surface area contributed by atoms with Crippen LogP contribution in [0.4, 0.5) is 0 Å². The lowest BCUT2D eigenvalue weighted by molar-refractivity contribution is 0.163. The maximum absolute atomic E-state index is 7.52. The van der Waals surface area contributed by atoms with Crippen LogP contribution in [0.15, 0.2) is 121 Å². The summed E-state index contributed by atoms with van der Waals surface area (Å²) in [7, 11) is 3.39. The summed E-state index contributed by atoms with van der Waals surface area (Å²) in [4.78, 5) is 0. The molecule has 0 saturated carbocycles. The van der Waals surface area contributed by atoms with E-state index >= 15 is 0 Å². The molecule has 0 fully saturated rings. The van der Waals surface area contributed by atoms with E-state index in [0.717, 1.165) is 55.9 Å². The van der Waals surface area contributed by atoms with Crippen molar-refractivity contribution < 1.29 is 14.2 Å². The number of methoxy groups -OCH3 is 2. The van der Waals surface area contributed by atoms with Crippen molar-refractivity contribution in [3.05, 3.63) is 149 Å². The molecular weight excluding hydrogens is 627 g/mol. The lowest BCUT2D eigenvalue weighted by Crippen LogP contribution is -2.34. The zero-order chi connectivity index (χ0) is 35.7. The van der Waals surface area contributed by atoms with E-state index in [-0.39, 0.29) is 10.8 Å². The van der Waals surface area contributed by atoms with Crippen molar-refractivity contribution in [3.8, 4) is 22.9 Å². The van der Waals surface area contributed by atoms with E-state index in [4.69, 9.17) is 14.2 Å². The van der Waals surface area contributed by atoms with Crippen LogP contribution in [0.3, 0.4) is 0 Å². The van der Waals surface area contributed by atoms with Crippen LogP contribution >= 0.6 is 0 Å². The average Bonchev–Trinajstić information content (AvgIpc) is 3.49. The maximum Gasteiger partial charge on any atom is 0.178 e. The normalized spacial score (nSPS) is 14.1. The monoisotopic (exact) mass is 671 g/mol. The van der Waals surface area contributed by atoms with Crippen LogP contribution in [0.2, 0.25) is 0 Å². The SMILES string of the molecule is COc1ccc(C2(c3ccc(OC)cc3)C=Cc3c(c4ccccc4c4c5ccccc5n(-c5cc(C(C)(C)C)cc(C(C)(C)C)c5)c34)O2)cc1. The first-order chi connectivity index (χ1) is 24.4. The number of ether oxygens (including phenoxy) is 3. The molecule has 2 heterocycles. The molecule has 0 atom stereocenters. The molecule has 0 amide bonds. The molecule has 4 nitrogen and oxygen atoms in total. The highest BCUT2D eigenvalue weighted by Crippen LogP contribution is 2.51. The molecule has 0 radical (unpaired) electrons. The molecule has 256 valence electrons. The lowest BCUT2D eigenvalue weighted by atomic mass is 9.80. The third-order valence-electron chi connectivity index (χ3n) is 10.5. The number of para-hydroxylation sites is 1. The number of hydrogen-bond acceptors (Lipinski definition) is 3. The van der Waals surface area contributed by atoms with Gasteiger partial charge in [-0.15, -0.1) is 0 Å². The molecule has 0 unspecified atom stereocenters. The van der Waals surface area contributed by atoms with Crippen molar-refractivity contribution in [2.75, 3.05) is 14.2 Å². The quantitative estimate of drug-likeness (QED) is 0.183. The van der Waals surface area contributed by atoms with Crippen molar-refractivity contribution >= 4 is 38.7 Å². The number of hydrogen-bond donors (Lipinski definition) is 0. The summed E-state index contributed by atoms with van der Waals surface area (Å²) in [5.41, 5.74) is 8.23. The molecule has 0 N–H and O–H groups in total. The summed E-state index contributed by atoms with van der Waals surface area (Å²) in [5, 5.41) is 4.70. The Balaban J connectivity index is 1.49. The third-order valence-corrected chi connectivity index (χ3v) is 10.5. The van der Waals surface area contributed by atoms with Gasteiger partial charge in [0, 0.05) is 38.5 Å². The predicted octanol–water partition coefficient (Wildman–Crippen LogP) is 11.9. The van der Waals surface area contributed by atoms with Gasteiger partial charge in [0.15, 0.2) is 5.60 Å². The van der Waals surface area contributed by atoms with Crippen molar-refractivity contribution in [2.24, 2.45) is 0 Å². The number of rotatable bonds is 5.